The first-order chi connectivity index (χ1) is 13.1. The van der Waals surface area contributed by atoms with E-state index in [2.05, 4.69) is 28.8 Å². The molecular formula is C21H33ClIN3O2. The average molecular weight is 522 g/mol. The van der Waals surface area contributed by atoms with Crippen molar-refractivity contribution in [1.29, 1.82) is 0 Å². The van der Waals surface area contributed by atoms with Crippen LogP contribution in [0.15, 0.2) is 35.8 Å². The summed E-state index contributed by atoms with van der Waals surface area (Å²) in [5, 5.41) is 4.30. The number of benzene rings is 1. The largest absolute Gasteiger partial charge is 0.496 e. The highest BCUT2D eigenvalue weighted by atomic mass is 127. The van der Waals surface area contributed by atoms with Crippen LogP contribution in [0.3, 0.4) is 0 Å². The number of hydrogen-bond acceptors (Lipinski definition) is 3. The lowest BCUT2D eigenvalue weighted by Crippen LogP contribution is -2.48. The van der Waals surface area contributed by atoms with Crippen molar-refractivity contribution in [2.75, 3.05) is 47.5 Å². The quantitative estimate of drug-likeness (QED) is 0.180. The van der Waals surface area contributed by atoms with E-state index in [0.29, 0.717) is 0 Å². The van der Waals surface area contributed by atoms with Crippen molar-refractivity contribution in [3.05, 3.63) is 41.4 Å². The minimum absolute atomic E-state index is 0. The van der Waals surface area contributed by atoms with Gasteiger partial charge in [-0.3, -0.25) is 4.99 Å². The molecule has 0 saturated carbocycles. The second kappa shape index (κ2) is 12.5. The molecule has 0 aromatic heterocycles. The van der Waals surface area contributed by atoms with E-state index in [-0.39, 0.29) is 29.4 Å². The molecular weight excluding hydrogens is 489 g/mol. The van der Waals surface area contributed by atoms with Gasteiger partial charge in [-0.1, -0.05) is 17.7 Å². The highest BCUT2D eigenvalue weighted by molar-refractivity contribution is 14.0. The van der Waals surface area contributed by atoms with E-state index in [0.717, 1.165) is 74.3 Å². The minimum Gasteiger partial charge on any atom is -0.496 e. The van der Waals surface area contributed by atoms with Crippen LogP contribution in [0.25, 0.3) is 0 Å². The Morgan fingerprint density at radius 1 is 1.43 bits per heavy atom. The molecule has 1 fully saturated rings. The van der Waals surface area contributed by atoms with Crippen molar-refractivity contribution in [2.24, 2.45) is 4.99 Å². The lowest BCUT2D eigenvalue weighted by Gasteiger charge is -2.39. The van der Waals surface area contributed by atoms with Crippen LogP contribution in [-0.4, -0.2) is 58.4 Å². The number of aliphatic imine (C=N–C) groups is 1. The Hall–Kier alpha value is -0.990. The van der Waals surface area contributed by atoms with Crippen LogP contribution in [-0.2, 0) is 10.2 Å². The van der Waals surface area contributed by atoms with Gasteiger partial charge in [0.05, 0.1) is 7.11 Å². The zero-order chi connectivity index (χ0) is 19.7. The molecule has 1 heterocycles. The van der Waals surface area contributed by atoms with Crippen molar-refractivity contribution in [2.45, 2.75) is 31.1 Å². The molecule has 1 saturated heterocycles. The molecule has 2 rings (SSSR count). The third-order valence-electron chi connectivity index (χ3n) is 5.24. The van der Waals surface area contributed by atoms with E-state index >= 15 is 0 Å². The molecule has 0 aliphatic carbocycles. The Balaban J connectivity index is 0.00000392. The number of rotatable bonds is 8. The molecule has 5 nitrogen and oxygen atoms in total. The fourth-order valence-corrected chi connectivity index (χ4v) is 3.78. The standard InChI is InChI=1S/C21H32ClN3O2.HI/c1-5-6-7-12-25(3)20(23-2)24-16-21(10-13-27-14-11-21)18-15-17(22)8-9-19(18)26-4;/h5,8-9,15H,1,6-7,10-14,16H2,2-4H3,(H,23,24);1H. The number of methoxy groups -OCH3 is 1. The van der Waals surface area contributed by atoms with Crippen LogP contribution in [0.4, 0.5) is 0 Å². The molecule has 0 radical (unpaired) electrons. The molecule has 1 aromatic rings. The van der Waals surface area contributed by atoms with Crippen molar-refractivity contribution in [3.63, 3.8) is 0 Å². The van der Waals surface area contributed by atoms with Gasteiger partial charge in [-0.05, 0) is 43.9 Å². The number of ether oxygens (including phenoxy) is 2. The molecule has 0 amide bonds. The van der Waals surface area contributed by atoms with E-state index in [1.54, 1.807) is 7.11 Å². The minimum atomic E-state index is -0.105. The van der Waals surface area contributed by atoms with Crippen LogP contribution < -0.4 is 10.1 Å². The van der Waals surface area contributed by atoms with E-state index < -0.39 is 0 Å². The molecule has 1 aliphatic rings. The van der Waals surface area contributed by atoms with Crippen molar-refractivity contribution in [3.8, 4) is 5.75 Å². The number of nitrogens with zero attached hydrogens (tertiary/aromatic N) is 2. The first-order valence-corrected chi connectivity index (χ1v) is 9.88. The number of unbranched alkanes of at least 4 members (excludes halogenated alkanes) is 1. The predicted molar refractivity (Wildman–Crippen MR) is 129 cm³/mol. The molecule has 158 valence electrons. The van der Waals surface area contributed by atoms with Crippen LogP contribution in [0, 0.1) is 0 Å². The topological polar surface area (TPSA) is 46.1 Å². The van der Waals surface area contributed by atoms with Gasteiger partial charge in [0.2, 0.25) is 0 Å². The highest BCUT2D eigenvalue weighted by Gasteiger charge is 2.37. The maximum absolute atomic E-state index is 6.32. The molecule has 0 bridgehead atoms. The van der Waals surface area contributed by atoms with Gasteiger partial charge in [-0.15, -0.1) is 30.6 Å². The normalized spacial score (nSPS) is 16.1. The van der Waals surface area contributed by atoms with E-state index in [9.17, 15) is 0 Å². The van der Waals surface area contributed by atoms with Crippen LogP contribution in [0.2, 0.25) is 5.02 Å². The van der Waals surface area contributed by atoms with Gasteiger partial charge in [0.15, 0.2) is 5.96 Å². The molecule has 7 heteroatoms. The Morgan fingerprint density at radius 2 is 2.14 bits per heavy atom. The molecule has 0 spiro atoms. The van der Waals surface area contributed by atoms with Crippen LogP contribution in [0.5, 0.6) is 5.75 Å². The van der Waals surface area contributed by atoms with Gasteiger partial charge >= 0.3 is 0 Å². The Morgan fingerprint density at radius 3 is 2.75 bits per heavy atom. The van der Waals surface area contributed by atoms with Crippen LogP contribution in [0.1, 0.15) is 31.2 Å². The maximum atomic E-state index is 6.32. The van der Waals surface area contributed by atoms with Gasteiger partial charge < -0.3 is 19.7 Å². The number of halogens is 2. The zero-order valence-electron chi connectivity index (χ0n) is 17.2. The van der Waals surface area contributed by atoms with Gasteiger partial charge in [0, 0.05) is 56.4 Å². The summed E-state index contributed by atoms with van der Waals surface area (Å²) < 4.78 is 11.3. The molecule has 1 aliphatic heterocycles. The number of hydrogen-bond donors (Lipinski definition) is 1. The third kappa shape index (κ3) is 6.52. The monoisotopic (exact) mass is 521 g/mol. The summed E-state index contributed by atoms with van der Waals surface area (Å²) in [5.74, 6) is 1.77. The zero-order valence-corrected chi connectivity index (χ0v) is 20.3. The van der Waals surface area contributed by atoms with E-state index in [1.165, 1.54) is 0 Å². The lowest BCUT2D eigenvalue weighted by molar-refractivity contribution is 0.0504. The molecule has 1 aromatic carbocycles. The van der Waals surface area contributed by atoms with Crippen molar-refractivity contribution < 1.29 is 9.47 Å². The Kier molecular flexibility index (Phi) is 11.2. The van der Waals surface area contributed by atoms with Crippen molar-refractivity contribution >= 4 is 41.5 Å². The third-order valence-corrected chi connectivity index (χ3v) is 5.48. The molecule has 0 atom stereocenters. The maximum Gasteiger partial charge on any atom is 0.193 e. The van der Waals surface area contributed by atoms with Crippen LogP contribution >= 0.6 is 35.6 Å². The summed E-state index contributed by atoms with van der Waals surface area (Å²) >= 11 is 6.32. The van der Waals surface area contributed by atoms with Gasteiger partial charge in [0.1, 0.15) is 5.75 Å². The van der Waals surface area contributed by atoms with E-state index in [4.69, 9.17) is 21.1 Å². The lowest BCUT2D eigenvalue weighted by atomic mass is 9.73. The van der Waals surface area contributed by atoms with Gasteiger partial charge in [-0.25, -0.2) is 0 Å². The SMILES string of the molecule is C=CCCCN(C)C(=NC)NCC1(c2cc(Cl)ccc2OC)CCOCC1.I. The summed E-state index contributed by atoms with van der Waals surface area (Å²) in [5.41, 5.74) is 1.03. The van der Waals surface area contributed by atoms with Gasteiger partial charge in [0.25, 0.3) is 0 Å². The molecule has 0 unspecified atom stereocenters. The van der Waals surface area contributed by atoms with Crippen molar-refractivity contribution in [1.82, 2.24) is 10.2 Å². The summed E-state index contributed by atoms with van der Waals surface area (Å²) in [6.07, 6.45) is 5.83. The molecule has 28 heavy (non-hydrogen) atoms. The number of nitrogens with one attached hydrogen (secondary N) is 1. The summed E-state index contributed by atoms with van der Waals surface area (Å²) in [6, 6.07) is 5.85. The summed E-state index contributed by atoms with van der Waals surface area (Å²) in [6.45, 7) is 6.93. The van der Waals surface area contributed by atoms with Gasteiger partial charge in [-0.2, -0.15) is 0 Å². The predicted octanol–water partition coefficient (Wildman–Crippen LogP) is 4.49. The summed E-state index contributed by atoms with van der Waals surface area (Å²) in [7, 11) is 5.59. The van der Waals surface area contributed by atoms with E-state index in [1.807, 2.05) is 31.3 Å². The second-order valence-corrected chi connectivity index (χ2v) is 7.43. The Labute approximate surface area is 191 Å². The number of allylic oxidation sites excluding steroid dienone is 1. The first-order valence-electron chi connectivity index (χ1n) is 9.51. The number of guanidine groups is 1. The fourth-order valence-electron chi connectivity index (χ4n) is 3.61. The average Bonchev–Trinajstić information content (AvgIpc) is 2.69. The Bertz CT molecular complexity index is 649. The fraction of sp³-hybridized carbons (Fsp3) is 0.571. The highest BCUT2D eigenvalue weighted by Crippen LogP contribution is 2.40. The first kappa shape index (κ1) is 25.0. The smallest absolute Gasteiger partial charge is 0.193 e. The molecule has 1 N–H and O–H groups in total. The summed E-state index contributed by atoms with van der Waals surface area (Å²) in [4.78, 5) is 6.61. The second-order valence-electron chi connectivity index (χ2n) is 6.99.